The number of fused-ring (bicyclic) bond motifs is 1. The van der Waals surface area contributed by atoms with Gasteiger partial charge in [-0.2, -0.15) is 0 Å². The monoisotopic (exact) mass is 551 g/mol. The standard InChI is InChI=1S/C27H26BrN3O3S/c1-18-22(21-7-3-4-8-23(21)30(18)16-19-9-11-20(28)12-10-19)15-24-26(33)31(27(34)35-24)17-25(32)29-13-5-2-6-14-29/h3-4,7-12,15H,2,5-6,13-14,16-17H2,1H3/b24-15-. The Labute approximate surface area is 217 Å². The molecule has 180 valence electrons. The molecule has 5 rings (SSSR count). The largest absolute Gasteiger partial charge is 0.341 e. The zero-order valence-electron chi connectivity index (χ0n) is 19.5. The van der Waals surface area contributed by atoms with E-state index in [2.05, 4.69) is 38.7 Å². The number of para-hydroxylation sites is 1. The second-order valence-electron chi connectivity index (χ2n) is 8.94. The average molecular weight is 552 g/mol. The number of imide groups is 1. The first kappa shape index (κ1) is 23.9. The summed E-state index contributed by atoms with van der Waals surface area (Å²) in [6.07, 6.45) is 4.86. The second kappa shape index (κ2) is 10.0. The Morgan fingerprint density at radius 3 is 2.49 bits per heavy atom. The van der Waals surface area contributed by atoms with Gasteiger partial charge in [0.2, 0.25) is 5.91 Å². The van der Waals surface area contributed by atoms with Crippen molar-refractivity contribution in [3.8, 4) is 0 Å². The number of hydrogen-bond acceptors (Lipinski definition) is 4. The number of nitrogens with zero attached hydrogens (tertiary/aromatic N) is 3. The third-order valence-electron chi connectivity index (χ3n) is 6.68. The molecule has 8 heteroatoms. The van der Waals surface area contributed by atoms with Gasteiger partial charge in [-0.3, -0.25) is 19.3 Å². The normalized spacial score (nSPS) is 17.7. The summed E-state index contributed by atoms with van der Waals surface area (Å²) in [4.78, 5) is 41.7. The fraction of sp³-hybridized carbons (Fsp3) is 0.296. The average Bonchev–Trinajstić information content (AvgIpc) is 3.29. The Morgan fingerprint density at radius 2 is 1.74 bits per heavy atom. The molecule has 6 nitrogen and oxygen atoms in total. The molecule has 35 heavy (non-hydrogen) atoms. The molecule has 0 radical (unpaired) electrons. The lowest BCUT2D eigenvalue weighted by Gasteiger charge is -2.27. The first-order valence-electron chi connectivity index (χ1n) is 11.8. The predicted octanol–water partition coefficient (Wildman–Crippen LogP) is 5.81. The molecule has 2 saturated heterocycles. The fourth-order valence-corrected chi connectivity index (χ4v) is 5.85. The van der Waals surface area contributed by atoms with Crippen LogP contribution in [0.5, 0.6) is 0 Å². The maximum Gasteiger partial charge on any atom is 0.294 e. The Bertz CT molecular complexity index is 1340. The molecule has 0 atom stereocenters. The van der Waals surface area contributed by atoms with Crippen LogP contribution in [0.1, 0.15) is 36.1 Å². The van der Waals surface area contributed by atoms with Gasteiger partial charge in [0.05, 0.1) is 4.91 Å². The summed E-state index contributed by atoms with van der Waals surface area (Å²) in [5, 5.41) is 0.640. The van der Waals surface area contributed by atoms with Crippen LogP contribution in [0, 0.1) is 6.92 Å². The van der Waals surface area contributed by atoms with E-state index >= 15 is 0 Å². The van der Waals surface area contributed by atoms with E-state index < -0.39 is 5.91 Å². The number of amides is 3. The number of rotatable bonds is 5. The van der Waals surface area contributed by atoms with Crippen LogP contribution in [0.4, 0.5) is 4.79 Å². The van der Waals surface area contributed by atoms with Gasteiger partial charge in [0.1, 0.15) is 6.54 Å². The van der Waals surface area contributed by atoms with E-state index in [4.69, 9.17) is 0 Å². The molecule has 3 heterocycles. The molecular formula is C27H26BrN3O3S. The van der Waals surface area contributed by atoms with Crippen LogP contribution < -0.4 is 0 Å². The van der Waals surface area contributed by atoms with Crippen LogP contribution in [0.2, 0.25) is 0 Å². The summed E-state index contributed by atoms with van der Waals surface area (Å²) in [6, 6.07) is 16.3. The lowest BCUT2D eigenvalue weighted by atomic mass is 10.1. The van der Waals surface area contributed by atoms with Crippen molar-refractivity contribution in [3.05, 3.63) is 74.7 Å². The van der Waals surface area contributed by atoms with E-state index in [1.54, 1.807) is 4.90 Å². The molecule has 0 bridgehead atoms. The lowest BCUT2D eigenvalue weighted by molar-refractivity contribution is -0.136. The molecular weight excluding hydrogens is 526 g/mol. The predicted molar refractivity (Wildman–Crippen MR) is 143 cm³/mol. The van der Waals surface area contributed by atoms with Gasteiger partial charge >= 0.3 is 0 Å². The van der Waals surface area contributed by atoms with Crippen molar-refractivity contribution in [1.29, 1.82) is 0 Å². The highest BCUT2D eigenvalue weighted by atomic mass is 79.9. The molecule has 3 aromatic rings. The molecule has 3 amide bonds. The van der Waals surface area contributed by atoms with Gasteiger partial charge in [-0.25, -0.2) is 0 Å². The maximum absolute atomic E-state index is 13.1. The van der Waals surface area contributed by atoms with E-state index in [1.807, 2.05) is 43.3 Å². The third kappa shape index (κ3) is 4.82. The van der Waals surface area contributed by atoms with Crippen LogP contribution in [0.15, 0.2) is 57.9 Å². The van der Waals surface area contributed by atoms with E-state index in [0.717, 1.165) is 62.6 Å². The quantitative estimate of drug-likeness (QED) is 0.375. The van der Waals surface area contributed by atoms with E-state index in [-0.39, 0.29) is 17.7 Å². The number of hydrogen-bond donors (Lipinski definition) is 0. The summed E-state index contributed by atoms with van der Waals surface area (Å²) in [6.45, 7) is 3.93. The van der Waals surface area contributed by atoms with Crippen molar-refractivity contribution in [2.24, 2.45) is 0 Å². The number of carbonyl (C=O) groups excluding carboxylic acids is 3. The Kier molecular flexibility index (Phi) is 6.84. The fourth-order valence-electron chi connectivity index (χ4n) is 4.76. The van der Waals surface area contributed by atoms with Crippen molar-refractivity contribution >= 4 is 61.7 Å². The third-order valence-corrected chi connectivity index (χ3v) is 8.12. The summed E-state index contributed by atoms with van der Waals surface area (Å²) in [7, 11) is 0. The molecule has 2 aliphatic rings. The summed E-state index contributed by atoms with van der Waals surface area (Å²) >= 11 is 4.40. The van der Waals surface area contributed by atoms with E-state index in [0.29, 0.717) is 24.5 Å². The van der Waals surface area contributed by atoms with Crippen LogP contribution in [0.3, 0.4) is 0 Å². The van der Waals surface area contributed by atoms with Crippen LogP contribution in [-0.4, -0.2) is 51.1 Å². The van der Waals surface area contributed by atoms with Gasteiger partial charge in [-0.05, 0) is 67.8 Å². The second-order valence-corrected chi connectivity index (χ2v) is 10.8. The highest BCUT2D eigenvalue weighted by molar-refractivity contribution is 9.10. The van der Waals surface area contributed by atoms with Gasteiger partial charge in [0.15, 0.2) is 0 Å². The number of carbonyl (C=O) groups is 3. The van der Waals surface area contributed by atoms with Gasteiger partial charge in [-0.15, -0.1) is 0 Å². The molecule has 0 spiro atoms. The van der Waals surface area contributed by atoms with E-state index in [1.165, 1.54) is 5.56 Å². The molecule has 2 aliphatic heterocycles. The Morgan fingerprint density at radius 1 is 1.03 bits per heavy atom. The van der Waals surface area contributed by atoms with Crippen LogP contribution in [-0.2, 0) is 16.1 Å². The van der Waals surface area contributed by atoms with Gasteiger partial charge in [0, 0.05) is 46.3 Å². The van der Waals surface area contributed by atoms with Crippen LogP contribution in [0.25, 0.3) is 17.0 Å². The van der Waals surface area contributed by atoms with Gasteiger partial charge < -0.3 is 9.47 Å². The highest BCUT2D eigenvalue weighted by Gasteiger charge is 2.37. The lowest BCUT2D eigenvalue weighted by Crippen LogP contribution is -2.44. The molecule has 0 aliphatic carbocycles. The number of piperidine rings is 1. The zero-order valence-corrected chi connectivity index (χ0v) is 21.9. The van der Waals surface area contributed by atoms with Crippen LogP contribution >= 0.6 is 27.7 Å². The van der Waals surface area contributed by atoms with Crippen molar-refractivity contribution < 1.29 is 14.4 Å². The minimum absolute atomic E-state index is 0.157. The summed E-state index contributed by atoms with van der Waals surface area (Å²) in [5.41, 5.74) is 4.18. The minimum Gasteiger partial charge on any atom is -0.341 e. The SMILES string of the molecule is Cc1c(/C=C2\SC(=O)N(CC(=O)N3CCCCC3)C2=O)c2ccccc2n1Cc1ccc(Br)cc1. The van der Waals surface area contributed by atoms with Crippen molar-refractivity contribution in [3.63, 3.8) is 0 Å². The zero-order chi connectivity index (χ0) is 24.5. The number of halogens is 1. The van der Waals surface area contributed by atoms with Gasteiger partial charge in [0.25, 0.3) is 11.1 Å². The number of thioether (sulfide) groups is 1. The minimum atomic E-state index is -0.394. The van der Waals surface area contributed by atoms with Gasteiger partial charge in [-0.1, -0.05) is 46.3 Å². The molecule has 2 aromatic carbocycles. The van der Waals surface area contributed by atoms with Crippen molar-refractivity contribution in [2.75, 3.05) is 19.6 Å². The summed E-state index contributed by atoms with van der Waals surface area (Å²) in [5.74, 6) is -0.551. The Balaban J connectivity index is 1.44. The summed E-state index contributed by atoms with van der Waals surface area (Å²) < 4.78 is 3.26. The molecule has 0 N–H and O–H groups in total. The number of likely N-dealkylation sites (tertiary alicyclic amines) is 1. The number of benzene rings is 2. The van der Waals surface area contributed by atoms with Crippen molar-refractivity contribution in [2.45, 2.75) is 32.7 Å². The molecule has 1 aromatic heterocycles. The molecule has 0 unspecified atom stereocenters. The topological polar surface area (TPSA) is 62.6 Å². The molecule has 0 saturated carbocycles. The first-order valence-corrected chi connectivity index (χ1v) is 13.4. The number of aromatic nitrogens is 1. The Hall–Kier alpha value is -2.84. The smallest absolute Gasteiger partial charge is 0.294 e. The van der Waals surface area contributed by atoms with E-state index in [9.17, 15) is 14.4 Å². The van der Waals surface area contributed by atoms with Crippen molar-refractivity contribution in [1.82, 2.24) is 14.4 Å². The highest BCUT2D eigenvalue weighted by Crippen LogP contribution is 2.36. The molecule has 2 fully saturated rings. The first-order chi connectivity index (χ1) is 16.9. The maximum atomic E-state index is 13.1.